The molecule has 0 atom stereocenters. The molecule has 1 saturated heterocycles. The SMILES string of the molecule is CC(C)N1CCN(C(=O)c2cn(C)nc2-c2ccco2)CC1. The van der Waals surface area contributed by atoms with Crippen LogP contribution in [0.25, 0.3) is 11.5 Å². The first kappa shape index (κ1) is 14.8. The van der Waals surface area contributed by atoms with Crippen molar-refractivity contribution in [2.24, 2.45) is 7.05 Å². The number of rotatable bonds is 3. The van der Waals surface area contributed by atoms with Crippen LogP contribution < -0.4 is 0 Å². The minimum absolute atomic E-state index is 0.0305. The van der Waals surface area contributed by atoms with Crippen molar-refractivity contribution in [2.75, 3.05) is 26.2 Å². The minimum Gasteiger partial charge on any atom is -0.463 e. The number of piperazine rings is 1. The molecule has 0 radical (unpaired) electrons. The molecule has 1 aliphatic heterocycles. The molecule has 0 aliphatic carbocycles. The van der Waals surface area contributed by atoms with E-state index in [1.54, 1.807) is 23.2 Å². The molecule has 0 unspecified atom stereocenters. The van der Waals surface area contributed by atoms with Crippen molar-refractivity contribution >= 4 is 5.91 Å². The molecule has 3 heterocycles. The second-order valence-corrected chi connectivity index (χ2v) is 5.96. The van der Waals surface area contributed by atoms with Crippen LogP contribution in [0.4, 0.5) is 0 Å². The zero-order valence-electron chi connectivity index (χ0n) is 13.3. The predicted molar refractivity (Wildman–Crippen MR) is 83.5 cm³/mol. The Labute approximate surface area is 130 Å². The quantitative estimate of drug-likeness (QED) is 0.868. The average molecular weight is 302 g/mol. The van der Waals surface area contributed by atoms with Gasteiger partial charge in [-0.15, -0.1) is 0 Å². The summed E-state index contributed by atoms with van der Waals surface area (Å²) in [6.07, 6.45) is 3.37. The van der Waals surface area contributed by atoms with Gasteiger partial charge in [-0.25, -0.2) is 0 Å². The van der Waals surface area contributed by atoms with Crippen LogP contribution in [0.15, 0.2) is 29.0 Å². The third kappa shape index (κ3) is 2.78. The molecule has 22 heavy (non-hydrogen) atoms. The lowest BCUT2D eigenvalue weighted by Gasteiger charge is -2.36. The summed E-state index contributed by atoms with van der Waals surface area (Å²) in [5, 5.41) is 4.38. The summed E-state index contributed by atoms with van der Waals surface area (Å²) in [7, 11) is 1.82. The maximum Gasteiger partial charge on any atom is 0.257 e. The van der Waals surface area contributed by atoms with Gasteiger partial charge in [0.25, 0.3) is 5.91 Å². The van der Waals surface area contributed by atoms with Gasteiger partial charge in [0.05, 0.1) is 11.8 Å². The molecule has 1 aliphatic rings. The van der Waals surface area contributed by atoms with E-state index in [0.29, 0.717) is 23.1 Å². The molecule has 3 rings (SSSR count). The van der Waals surface area contributed by atoms with E-state index in [9.17, 15) is 4.79 Å². The van der Waals surface area contributed by atoms with Crippen molar-refractivity contribution < 1.29 is 9.21 Å². The van der Waals surface area contributed by atoms with E-state index < -0.39 is 0 Å². The van der Waals surface area contributed by atoms with Crippen LogP contribution in [0.1, 0.15) is 24.2 Å². The Morgan fingerprint density at radius 2 is 2.00 bits per heavy atom. The van der Waals surface area contributed by atoms with Gasteiger partial charge in [-0.3, -0.25) is 14.4 Å². The lowest BCUT2D eigenvalue weighted by atomic mass is 10.1. The lowest BCUT2D eigenvalue weighted by molar-refractivity contribution is 0.0596. The second kappa shape index (κ2) is 5.96. The van der Waals surface area contributed by atoms with Crippen LogP contribution in [-0.4, -0.2) is 57.7 Å². The first-order valence-electron chi connectivity index (χ1n) is 7.67. The molecule has 6 heteroatoms. The van der Waals surface area contributed by atoms with Crippen LogP contribution in [0.5, 0.6) is 0 Å². The molecular formula is C16H22N4O2. The Morgan fingerprint density at radius 1 is 1.27 bits per heavy atom. The van der Waals surface area contributed by atoms with Gasteiger partial charge < -0.3 is 9.32 Å². The Morgan fingerprint density at radius 3 is 2.59 bits per heavy atom. The summed E-state index contributed by atoms with van der Waals surface area (Å²) < 4.78 is 7.07. The van der Waals surface area contributed by atoms with Crippen molar-refractivity contribution in [3.8, 4) is 11.5 Å². The number of hydrogen-bond donors (Lipinski definition) is 0. The minimum atomic E-state index is 0.0305. The first-order valence-corrected chi connectivity index (χ1v) is 7.67. The van der Waals surface area contributed by atoms with E-state index in [-0.39, 0.29) is 5.91 Å². The smallest absolute Gasteiger partial charge is 0.257 e. The Balaban J connectivity index is 1.79. The summed E-state index contributed by atoms with van der Waals surface area (Å²) in [4.78, 5) is 17.1. The normalized spacial score (nSPS) is 16.5. The number of aryl methyl sites for hydroxylation is 1. The van der Waals surface area contributed by atoms with E-state index in [2.05, 4.69) is 23.8 Å². The van der Waals surface area contributed by atoms with Gasteiger partial charge in [0.15, 0.2) is 5.76 Å². The van der Waals surface area contributed by atoms with Gasteiger partial charge in [-0.1, -0.05) is 0 Å². The fourth-order valence-corrected chi connectivity index (χ4v) is 2.85. The fourth-order valence-electron chi connectivity index (χ4n) is 2.85. The van der Waals surface area contributed by atoms with Gasteiger partial charge in [0.2, 0.25) is 0 Å². The first-order chi connectivity index (χ1) is 10.6. The second-order valence-electron chi connectivity index (χ2n) is 5.96. The molecule has 0 aromatic carbocycles. The van der Waals surface area contributed by atoms with Crippen LogP contribution in [0, 0.1) is 0 Å². The standard InChI is InChI=1S/C16H22N4O2/c1-12(2)19-6-8-20(9-7-19)16(21)13-11-18(3)17-15(13)14-5-4-10-22-14/h4-5,10-12H,6-9H2,1-3H3. The average Bonchev–Trinajstić information content (AvgIpc) is 3.15. The zero-order valence-corrected chi connectivity index (χ0v) is 13.3. The van der Waals surface area contributed by atoms with Crippen molar-refractivity contribution in [2.45, 2.75) is 19.9 Å². The number of hydrogen-bond acceptors (Lipinski definition) is 4. The summed E-state index contributed by atoms with van der Waals surface area (Å²) in [6.45, 7) is 7.72. The molecule has 1 fully saturated rings. The highest BCUT2D eigenvalue weighted by Gasteiger charge is 2.27. The largest absolute Gasteiger partial charge is 0.463 e. The Bertz CT molecular complexity index is 637. The highest BCUT2D eigenvalue weighted by molar-refractivity contribution is 5.99. The zero-order chi connectivity index (χ0) is 15.7. The number of carbonyl (C=O) groups excluding carboxylic acids is 1. The van der Waals surface area contributed by atoms with Crippen LogP contribution >= 0.6 is 0 Å². The summed E-state index contributed by atoms with van der Waals surface area (Å²) >= 11 is 0. The van der Waals surface area contributed by atoms with Gasteiger partial charge in [-0.2, -0.15) is 5.10 Å². The summed E-state index contributed by atoms with van der Waals surface area (Å²) in [5.74, 6) is 0.660. The molecule has 118 valence electrons. The van der Waals surface area contributed by atoms with Gasteiger partial charge >= 0.3 is 0 Å². The summed E-state index contributed by atoms with van der Waals surface area (Å²) in [5.41, 5.74) is 1.22. The molecule has 1 amide bonds. The molecule has 6 nitrogen and oxygen atoms in total. The van der Waals surface area contributed by atoms with Crippen LogP contribution in [0.2, 0.25) is 0 Å². The number of nitrogens with zero attached hydrogens (tertiary/aromatic N) is 4. The van der Waals surface area contributed by atoms with Crippen molar-refractivity contribution in [3.63, 3.8) is 0 Å². The number of amides is 1. The van der Waals surface area contributed by atoms with E-state index in [0.717, 1.165) is 26.2 Å². The van der Waals surface area contributed by atoms with Gasteiger partial charge in [0.1, 0.15) is 5.69 Å². The molecule has 0 bridgehead atoms. The van der Waals surface area contributed by atoms with Crippen molar-refractivity contribution in [1.29, 1.82) is 0 Å². The van der Waals surface area contributed by atoms with E-state index in [4.69, 9.17) is 4.42 Å². The number of furan rings is 1. The molecule has 0 saturated carbocycles. The van der Waals surface area contributed by atoms with Crippen molar-refractivity contribution in [1.82, 2.24) is 19.6 Å². The molecular weight excluding hydrogens is 280 g/mol. The summed E-state index contributed by atoms with van der Waals surface area (Å²) in [6, 6.07) is 4.16. The highest BCUT2D eigenvalue weighted by Crippen LogP contribution is 2.24. The number of carbonyl (C=O) groups is 1. The van der Waals surface area contributed by atoms with Crippen LogP contribution in [-0.2, 0) is 7.05 Å². The topological polar surface area (TPSA) is 54.5 Å². The third-order valence-corrected chi connectivity index (χ3v) is 4.15. The predicted octanol–water partition coefficient (Wildman–Crippen LogP) is 1.85. The van der Waals surface area contributed by atoms with Crippen LogP contribution in [0.3, 0.4) is 0 Å². The molecule has 0 N–H and O–H groups in total. The molecule has 0 spiro atoms. The monoisotopic (exact) mass is 302 g/mol. The Hall–Kier alpha value is -2.08. The maximum atomic E-state index is 12.8. The molecule has 2 aromatic rings. The maximum absolute atomic E-state index is 12.8. The molecule has 2 aromatic heterocycles. The Kier molecular flexibility index (Phi) is 4.02. The highest BCUT2D eigenvalue weighted by atomic mass is 16.3. The third-order valence-electron chi connectivity index (χ3n) is 4.15. The fraction of sp³-hybridized carbons (Fsp3) is 0.500. The van der Waals surface area contributed by atoms with E-state index in [1.165, 1.54) is 0 Å². The van der Waals surface area contributed by atoms with E-state index >= 15 is 0 Å². The number of aromatic nitrogens is 2. The van der Waals surface area contributed by atoms with Gasteiger partial charge in [0, 0.05) is 45.5 Å². The van der Waals surface area contributed by atoms with Crippen molar-refractivity contribution in [3.05, 3.63) is 30.2 Å². The van der Waals surface area contributed by atoms with Gasteiger partial charge in [-0.05, 0) is 26.0 Å². The lowest BCUT2D eigenvalue weighted by Crippen LogP contribution is -2.50. The van der Waals surface area contributed by atoms with E-state index in [1.807, 2.05) is 18.0 Å².